The molecule has 56 heavy (non-hydrogen) atoms. The van der Waals surface area contributed by atoms with Crippen molar-refractivity contribution in [3.8, 4) is 39.1 Å². The SMILES string of the molecule is CC1(C)c2ccccc2-c2c(N(c3cccc(-c4ccc5c6ccccc6n(-c6ccccc6)c5c4)c3)c3cccc4c3-c3ccccc3C4(C)C)cccc21. The van der Waals surface area contributed by atoms with E-state index < -0.39 is 0 Å². The second-order valence-electron chi connectivity index (χ2n) is 16.5. The van der Waals surface area contributed by atoms with Gasteiger partial charge in [-0.25, -0.2) is 0 Å². The Bertz CT molecular complexity index is 2930. The van der Waals surface area contributed by atoms with Crippen LogP contribution in [0.15, 0.2) is 182 Å². The Labute approximate surface area is 328 Å². The van der Waals surface area contributed by atoms with Crippen LogP contribution >= 0.6 is 0 Å². The first kappa shape index (κ1) is 32.8. The zero-order valence-electron chi connectivity index (χ0n) is 32.2. The number of fused-ring (bicyclic) bond motifs is 9. The second kappa shape index (κ2) is 11.9. The van der Waals surface area contributed by atoms with Gasteiger partial charge >= 0.3 is 0 Å². The summed E-state index contributed by atoms with van der Waals surface area (Å²) >= 11 is 0. The van der Waals surface area contributed by atoms with Gasteiger partial charge in [-0.05, 0) is 93.0 Å². The Morgan fingerprint density at radius 2 is 0.911 bits per heavy atom. The molecule has 11 rings (SSSR count). The van der Waals surface area contributed by atoms with Crippen molar-refractivity contribution in [2.24, 2.45) is 0 Å². The molecule has 0 unspecified atom stereocenters. The number of benzene rings is 8. The summed E-state index contributed by atoms with van der Waals surface area (Å²) in [4.78, 5) is 2.55. The van der Waals surface area contributed by atoms with Crippen LogP contribution in [0.4, 0.5) is 17.1 Å². The van der Waals surface area contributed by atoms with E-state index in [4.69, 9.17) is 0 Å². The lowest BCUT2D eigenvalue weighted by atomic mass is 9.82. The molecule has 0 saturated carbocycles. The first-order valence-electron chi connectivity index (χ1n) is 19.8. The molecule has 0 fully saturated rings. The van der Waals surface area contributed by atoms with Gasteiger partial charge in [0, 0.05) is 44.1 Å². The van der Waals surface area contributed by atoms with E-state index in [-0.39, 0.29) is 10.8 Å². The van der Waals surface area contributed by atoms with Crippen molar-refractivity contribution in [1.29, 1.82) is 0 Å². The van der Waals surface area contributed by atoms with Crippen molar-refractivity contribution in [2.45, 2.75) is 38.5 Å². The third-order valence-electron chi connectivity index (χ3n) is 12.8. The molecule has 2 aliphatic rings. The third-order valence-corrected chi connectivity index (χ3v) is 12.8. The van der Waals surface area contributed by atoms with E-state index in [0.29, 0.717) is 0 Å². The molecule has 8 aromatic carbocycles. The average Bonchev–Trinajstić information content (AvgIpc) is 3.79. The summed E-state index contributed by atoms with van der Waals surface area (Å²) in [6, 6.07) is 67.5. The Kier molecular flexibility index (Phi) is 6.98. The Balaban J connectivity index is 1.16. The molecule has 0 atom stereocenters. The molecule has 2 aliphatic carbocycles. The van der Waals surface area contributed by atoms with Crippen LogP contribution in [0.1, 0.15) is 49.9 Å². The molecular weight excluding hydrogens is 677 g/mol. The average molecular weight is 719 g/mol. The molecule has 268 valence electrons. The normalized spacial score (nSPS) is 14.4. The van der Waals surface area contributed by atoms with Gasteiger partial charge in [-0.1, -0.05) is 161 Å². The van der Waals surface area contributed by atoms with Gasteiger partial charge in [-0.3, -0.25) is 0 Å². The second-order valence-corrected chi connectivity index (χ2v) is 16.5. The van der Waals surface area contributed by atoms with Crippen LogP contribution in [0, 0.1) is 0 Å². The zero-order valence-corrected chi connectivity index (χ0v) is 32.2. The molecule has 0 aliphatic heterocycles. The molecule has 9 aromatic rings. The van der Waals surface area contributed by atoms with E-state index in [9.17, 15) is 0 Å². The van der Waals surface area contributed by atoms with E-state index in [2.05, 4.69) is 219 Å². The van der Waals surface area contributed by atoms with Gasteiger partial charge in [0.25, 0.3) is 0 Å². The molecular formula is C54H42N2. The van der Waals surface area contributed by atoms with Crippen LogP contribution in [0.2, 0.25) is 0 Å². The standard InChI is InChI=1S/C54H42N2/c1-53(2)43-24-11-8-22-41(43)51-45(53)26-15-29-48(51)56(49-30-16-27-46-52(49)42-23-9-12-25-44(42)54(46,3)4)38-20-14-17-35(33-38)36-31-32-40-39-21-10-13-28-47(39)55(50(40)34-36)37-18-6-5-7-19-37/h5-34H,1-4H3. The number of hydrogen-bond acceptors (Lipinski definition) is 1. The van der Waals surface area contributed by atoms with Crippen molar-refractivity contribution < 1.29 is 0 Å². The molecule has 1 heterocycles. The molecule has 0 saturated heterocycles. The number of hydrogen-bond donors (Lipinski definition) is 0. The molecule has 0 bridgehead atoms. The molecule has 2 nitrogen and oxygen atoms in total. The maximum Gasteiger partial charge on any atom is 0.0547 e. The molecule has 0 amide bonds. The third kappa shape index (κ3) is 4.56. The summed E-state index contributed by atoms with van der Waals surface area (Å²) in [6.45, 7) is 9.49. The fourth-order valence-corrected chi connectivity index (χ4v) is 10.1. The number of aromatic nitrogens is 1. The van der Waals surface area contributed by atoms with E-state index in [1.54, 1.807) is 0 Å². The highest BCUT2D eigenvalue weighted by Crippen LogP contribution is 2.58. The van der Waals surface area contributed by atoms with E-state index in [1.807, 2.05) is 0 Å². The smallest absolute Gasteiger partial charge is 0.0547 e. The van der Waals surface area contributed by atoms with Gasteiger partial charge < -0.3 is 9.47 Å². The van der Waals surface area contributed by atoms with E-state index >= 15 is 0 Å². The fourth-order valence-electron chi connectivity index (χ4n) is 10.1. The van der Waals surface area contributed by atoms with Crippen LogP contribution in [0.5, 0.6) is 0 Å². The summed E-state index contributed by atoms with van der Waals surface area (Å²) in [7, 11) is 0. The fraction of sp³-hybridized carbons (Fsp3) is 0.111. The highest BCUT2D eigenvalue weighted by atomic mass is 15.1. The van der Waals surface area contributed by atoms with Gasteiger partial charge in [0.15, 0.2) is 0 Å². The van der Waals surface area contributed by atoms with Crippen molar-refractivity contribution in [3.05, 3.63) is 204 Å². The van der Waals surface area contributed by atoms with Gasteiger partial charge in [0.05, 0.1) is 22.4 Å². The monoisotopic (exact) mass is 718 g/mol. The first-order chi connectivity index (χ1) is 27.3. The quantitative estimate of drug-likeness (QED) is 0.172. The van der Waals surface area contributed by atoms with Gasteiger partial charge in [0.1, 0.15) is 0 Å². The lowest BCUT2D eigenvalue weighted by Crippen LogP contribution is -2.17. The highest BCUT2D eigenvalue weighted by molar-refractivity contribution is 6.10. The minimum Gasteiger partial charge on any atom is -0.309 e. The number of anilines is 3. The van der Waals surface area contributed by atoms with Crippen LogP contribution in [0.25, 0.3) is 60.9 Å². The minimum atomic E-state index is -0.116. The van der Waals surface area contributed by atoms with Crippen LogP contribution in [-0.2, 0) is 10.8 Å². The Hall–Kier alpha value is -6.64. The van der Waals surface area contributed by atoms with Crippen molar-refractivity contribution in [2.75, 3.05) is 4.90 Å². The summed E-state index contributed by atoms with van der Waals surface area (Å²) in [5.74, 6) is 0. The molecule has 0 N–H and O–H groups in total. The highest BCUT2D eigenvalue weighted by Gasteiger charge is 2.40. The zero-order chi connectivity index (χ0) is 37.8. The van der Waals surface area contributed by atoms with E-state index in [1.165, 1.54) is 88.8 Å². The maximum absolute atomic E-state index is 2.55. The summed E-state index contributed by atoms with van der Waals surface area (Å²) in [6.07, 6.45) is 0. The van der Waals surface area contributed by atoms with Crippen molar-refractivity contribution in [1.82, 2.24) is 4.57 Å². The van der Waals surface area contributed by atoms with E-state index in [0.717, 1.165) is 11.4 Å². The van der Waals surface area contributed by atoms with Crippen molar-refractivity contribution in [3.63, 3.8) is 0 Å². The van der Waals surface area contributed by atoms with Gasteiger partial charge in [-0.2, -0.15) is 0 Å². The Morgan fingerprint density at radius 1 is 0.393 bits per heavy atom. The van der Waals surface area contributed by atoms with Crippen LogP contribution < -0.4 is 4.90 Å². The lowest BCUT2D eigenvalue weighted by Gasteiger charge is -2.31. The topological polar surface area (TPSA) is 8.17 Å². The molecule has 1 aromatic heterocycles. The number of nitrogens with zero attached hydrogens (tertiary/aromatic N) is 2. The lowest BCUT2D eigenvalue weighted by molar-refractivity contribution is 0.660. The predicted molar refractivity (Wildman–Crippen MR) is 236 cm³/mol. The number of para-hydroxylation sites is 2. The van der Waals surface area contributed by atoms with Gasteiger partial charge in [0.2, 0.25) is 0 Å². The maximum atomic E-state index is 2.55. The molecule has 2 heteroatoms. The number of rotatable bonds is 5. The van der Waals surface area contributed by atoms with Gasteiger partial charge in [-0.15, -0.1) is 0 Å². The first-order valence-corrected chi connectivity index (χ1v) is 19.8. The summed E-state index contributed by atoms with van der Waals surface area (Å²) < 4.78 is 2.41. The molecule has 0 spiro atoms. The molecule has 0 radical (unpaired) electrons. The van der Waals surface area contributed by atoms with Crippen LogP contribution in [-0.4, -0.2) is 4.57 Å². The van der Waals surface area contributed by atoms with Crippen LogP contribution in [0.3, 0.4) is 0 Å². The summed E-state index contributed by atoms with van der Waals surface area (Å²) in [5.41, 5.74) is 20.0. The predicted octanol–water partition coefficient (Wildman–Crippen LogP) is 14.5. The van der Waals surface area contributed by atoms with Crippen molar-refractivity contribution >= 4 is 38.9 Å². The minimum absolute atomic E-state index is 0.116. The Morgan fingerprint density at radius 3 is 1.57 bits per heavy atom. The summed E-state index contributed by atoms with van der Waals surface area (Å²) in [5, 5.41) is 2.52. The largest absolute Gasteiger partial charge is 0.309 e.